The molecule has 0 aliphatic rings. The van der Waals surface area contributed by atoms with Gasteiger partial charge in [0.1, 0.15) is 6.04 Å². The van der Waals surface area contributed by atoms with Crippen LogP contribution in [-0.2, 0) is 28.6 Å². The summed E-state index contributed by atoms with van der Waals surface area (Å²) >= 11 is 0. The van der Waals surface area contributed by atoms with Gasteiger partial charge >= 0.3 is 12.1 Å². The number of benzene rings is 2. The minimum atomic E-state index is -4.51. The normalized spacial score (nSPS) is 12.4. The number of rotatable bonds is 6. The van der Waals surface area contributed by atoms with E-state index in [4.69, 9.17) is 0 Å². The van der Waals surface area contributed by atoms with Crippen LogP contribution in [0.4, 0.5) is 13.2 Å². The minimum Gasteiger partial charge on any atom is -0.480 e. The zero-order chi connectivity index (χ0) is 18.4. The number of aliphatic carboxylic acids is 1. The smallest absolute Gasteiger partial charge is 0.416 e. The minimum absolute atomic E-state index is 0.00674. The SMILES string of the molecule is O=C(Cc1ccccc1)N[C@H](Cc1cccc(C(F)(F)F)c1)C(=O)O. The van der Waals surface area contributed by atoms with Gasteiger partial charge in [0.2, 0.25) is 5.91 Å². The predicted molar refractivity (Wildman–Crippen MR) is 84.9 cm³/mol. The molecule has 0 unspecified atom stereocenters. The van der Waals surface area contributed by atoms with E-state index in [1.807, 2.05) is 0 Å². The number of hydrogen-bond donors (Lipinski definition) is 2. The van der Waals surface area contributed by atoms with Crippen molar-refractivity contribution in [3.63, 3.8) is 0 Å². The average molecular weight is 351 g/mol. The molecule has 2 aromatic carbocycles. The number of nitrogens with one attached hydrogen (secondary N) is 1. The molecule has 0 saturated carbocycles. The Hall–Kier alpha value is -2.83. The van der Waals surface area contributed by atoms with Crippen LogP contribution in [0.3, 0.4) is 0 Å². The number of alkyl halides is 3. The monoisotopic (exact) mass is 351 g/mol. The molecule has 4 nitrogen and oxygen atoms in total. The Morgan fingerprint density at radius 3 is 2.24 bits per heavy atom. The molecular formula is C18H16F3NO3. The second kappa shape index (κ2) is 7.83. The lowest BCUT2D eigenvalue weighted by atomic mass is 10.0. The summed E-state index contributed by atoms with van der Waals surface area (Å²) in [6.45, 7) is 0. The van der Waals surface area contributed by atoms with Crippen molar-refractivity contribution >= 4 is 11.9 Å². The number of carboxylic acid groups (broad SMARTS) is 1. The zero-order valence-corrected chi connectivity index (χ0v) is 13.1. The molecule has 7 heteroatoms. The average Bonchev–Trinajstić information content (AvgIpc) is 2.54. The highest BCUT2D eigenvalue weighted by molar-refractivity contribution is 5.85. The molecule has 0 fully saturated rings. The van der Waals surface area contributed by atoms with Crippen LogP contribution in [-0.4, -0.2) is 23.0 Å². The fourth-order valence-electron chi connectivity index (χ4n) is 2.34. The Morgan fingerprint density at radius 2 is 1.64 bits per heavy atom. The van der Waals surface area contributed by atoms with Crippen LogP contribution in [0.2, 0.25) is 0 Å². The first-order chi connectivity index (χ1) is 11.8. The van der Waals surface area contributed by atoms with Gasteiger partial charge in [-0.25, -0.2) is 4.79 Å². The highest BCUT2D eigenvalue weighted by Gasteiger charge is 2.31. The summed E-state index contributed by atoms with van der Waals surface area (Å²) in [7, 11) is 0. The van der Waals surface area contributed by atoms with Crippen LogP contribution in [0, 0.1) is 0 Å². The molecule has 0 spiro atoms. The van der Waals surface area contributed by atoms with Gasteiger partial charge in [0, 0.05) is 6.42 Å². The molecular weight excluding hydrogens is 335 g/mol. The van der Waals surface area contributed by atoms with E-state index in [0.717, 1.165) is 12.1 Å². The zero-order valence-electron chi connectivity index (χ0n) is 13.1. The second-order valence-corrected chi connectivity index (χ2v) is 5.52. The number of amides is 1. The summed E-state index contributed by atoms with van der Waals surface area (Å²) in [5, 5.41) is 11.6. The van der Waals surface area contributed by atoms with E-state index in [1.165, 1.54) is 12.1 Å². The number of halogens is 3. The van der Waals surface area contributed by atoms with Crippen molar-refractivity contribution in [2.24, 2.45) is 0 Å². The molecule has 0 bridgehead atoms. The van der Waals surface area contributed by atoms with Crippen molar-refractivity contribution in [3.8, 4) is 0 Å². The molecule has 0 radical (unpaired) electrons. The maximum Gasteiger partial charge on any atom is 0.416 e. The van der Waals surface area contributed by atoms with Crippen LogP contribution in [0.5, 0.6) is 0 Å². The van der Waals surface area contributed by atoms with Crippen LogP contribution in [0.25, 0.3) is 0 Å². The third kappa shape index (κ3) is 5.63. The molecule has 2 aromatic rings. The van der Waals surface area contributed by atoms with Gasteiger partial charge in [-0.2, -0.15) is 13.2 Å². The van der Waals surface area contributed by atoms with Crippen molar-refractivity contribution in [2.75, 3.05) is 0 Å². The first kappa shape index (κ1) is 18.5. The summed E-state index contributed by atoms with van der Waals surface area (Å²) in [4.78, 5) is 23.3. The number of hydrogen-bond acceptors (Lipinski definition) is 2. The van der Waals surface area contributed by atoms with Crippen molar-refractivity contribution in [2.45, 2.75) is 25.1 Å². The molecule has 0 aliphatic carbocycles. The van der Waals surface area contributed by atoms with E-state index in [0.29, 0.717) is 5.56 Å². The van der Waals surface area contributed by atoms with Crippen molar-refractivity contribution in [3.05, 3.63) is 71.3 Å². The molecule has 25 heavy (non-hydrogen) atoms. The molecule has 0 saturated heterocycles. The third-order valence-electron chi connectivity index (χ3n) is 3.53. The highest BCUT2D eigenvalue weighted by Crippen LogP contribution is 2.29. The number of carbonyl (C=O) groups excluding carboxylic acids is 1. The lowest BCUT2D eigenvalue weighted by Gasteiger charge is -2.16. The quantitative estimate of drug-likeness (QED) is 0.841. The number of carbonyl (C=O) groups is 2. The van der Waals surface area contributed by atoms with Gasteiger partial charge in [0.25, 0.3) is 0 Å². The van der Waals surface area contributed by atoms with Crippen LogP contribution < -0.4 is 5.32 Å². The molecule has 132 valence electrons. The van der Waals surface area contributed by atoms with E-state index in [-0.39, 0.29) is 18.4 Å². The van der Waals surface area contributed by atoms with Crippen LogP contribution in [0.15, 0.2) is 54.6 Å². The topological polar surface area (TPSA) is 66.4 Å². The molecule has 1 amide bonds. The Kier molecular flexibility index (Phi) is 5.80. The first-order valence-electron chi connectivity index (χ1n) is 7.48. The highest BCUT2D eigenvalue weighted by atomic mass is 19.4. The van der Waals surface area contributed by atoms with Gasteiger partial charge < -0.3 is 10.4 Å². The van der Waals surface area contributed by atoms with Gasteiger partial charge in [0.05, 0.1) is 12.0 Å². The molecule has 0 heterocycles. The lowest BCUT2D eigenvalue weighted by molar-refractivity contribution is -0.141. The maximum absolute atomic E-state index is 12.7. The molecule has 0 aromatic heterocycles. The Balaban J connectivity index is 2.06. The van der Waals surface area contributed by atoms with Gasteiger partial charge in [0.15, 0.2) is 0 Å². The van der Waals surface area contributed by atoms with E-state index in [2.05, 4.69) is 5.32 Å². The third-order valence-corrected chi connectivity index (χ3v) is 3.53. The number of carboxylic acids is 1. The van der Waals surface area contributed by atoms with Crippen LogP contribution in [0.1, 0.15) is 16.7 Å². The summed E-state index contributed by atoms with van der Waals surface area (Å²) in [5.41, 5.74) is 0.0372. The van der Waals surface area contributed by atoms with Gasteiger partial charge in [-0.1, -0.05) is 48.5 Å². The Bertz CT molecular complexity index is 745. The summed E-state index contributed by atoms with van der Waals surface area (Å²) in [6, 6.07) is 11.8. The van der Waals surface area contributed by atoms with Gasteiger partial charge in [-0.3, -0.25) is 4.79 Å². The van der Waals surface area contributed by atoms with Gasteiger partial charge in [-0.15, -0.1) is 0 Å². The fourth-order valence-corrected chi connectivity index (χ4v) is 2.34. The van der Waals surface area contributed by atoms with Crippen LogP contribution >= 0.6 is 0 Å². The molecule has 2 rings (SSSR count). The van der Waals surface area contributed by atoms with Crippen molar-refractivity contribution in [1.29, 1.82) is 0 Å². The molecule has 1 atom stereocenters. The Labute approximate surface area is 142 Å². The van der Waals surface area contributed by atoms with Gasteiger partial charge in [-0.05, 0) is 17.2 Å². The molecule has 2 N–H and O–H groups in total. The predicted octanol–water partition coefficient (Wildman–Crippen LogP) is 3.06. The fraction of sp³-hybridized carbons (Fsp3) is 0.222. The first-order valence-corrected chi connectivity index (χ1v) is 7.48. The summed E-state index contributed by atoms with van der Waals surface area (Å²) in [5.74, 6) is -1.82. The standard InChI is InChI=1S/C18H16F3NO3/c19-18(20,21)14-8-4-7-13(9-14)10-15(17(24)25)22-16(23)11-12-5-2-1-3-6-12/h1-9,15H,10-11H2,(H,22,23)(H,24,25)/t15-/m1/s1. The van der Waals surface area contributed by atoms with E-state index >= 15 is 0 Å². The van der Waals surface area contributed by atoms with E-state index < -0.39 is 29.7 Å². The lowest BCUT2D eigenvalue weighted by Crippen LogP contribution is -2.43. The van der Waals surface area contributed by atoms with Crippen molar-refractivity contribution < 1.29 is 27.9 Å². The Morgan fingerprint density at radius 1 is 1.00 bits per heavy atom. The largest absolute Gasteiger partial charge is 0.480 e. The van der Waals surface area contributed by atoms with E-state index in [9.17, 15) is 27.9 Å². The summed E-state index contributed by atoms with van der Waals surface area (Å²) < 4.78 is 38.2. The summed E-state index contributed by atoms with van der Waals surface area (Å²) in [6.07, 6.45) is -4.75. The van der Waals surface area contributed by atoms with E-state index in [1.54, 1.807) is 30.3 Å². The van der Waals surface area contributed by atoms with Crippen molar-refractivity contribution in [1.82, 2.24) is 5.32 Å². The second-order valence-electron chi connectivity index (χ2n) is 5.52. The molecule has 0 aliphatic heterocycles. The maximum atomic E-state index is 12.7.